The van der Waals surface area contributed by atoms with Gasteiger partial charge in [0.05, 0.1) is 0 Å². The summed E-state index contributed by atoms with van der Waals surface area (Å²) in [5.74, 6) is -0.336. The molecule has 1 amide bonds. The van der Waals surface area contributed by atoms with Crippen molar-refractivity contribution in [3.05, 3.63) is 12.3 Å². The number of nitrogens with zero attached hydrogens (tertiary/aromatic N) is 2. The molecule has 0 bridgehead atoms. The fourth-order valence-electron chi connectivity index (χ4n) is 1.03. The van der Waals surface area contributed by atoms with Crippen molar-refractivity contribution in [3.8, 4) is 0 Å². The molecule has 0 aliphatic rings. The third-order valence-electron chi connectivity index (χ3n) is 1.66. The van der Waals surface area contributed by atoms with E-state index in [9.17, 15) is 18.0 Å². The molecule has 0 radical (unpaired) electrons. The van der Waals surface area contributed by atoms with E-state index in [4.69, 9.17) is 5.73 Å². The molecule has 0 saturated heterocycles. The number of thioether (sulfide) groups is 1. The monoisotopic (exact) mass is 268 g/mol. The van der Waals surface area contributed by atoms with Crippen molar-refractivity contribution < 1.29 is 18.0 Å². The molecule has 17 heavy (non-hydrogen) atoms. The van der Waals surface area contributed by atoms with Gasteiger partial charge in [-0.15, -0.1) is 0 Å². The van der Waals surface area contributed by atoms with Gasteiger partial charge < -0.3 is 11.1 Å². The summed E-state index contributed by atoms with van der Waals surface area (Å²) in [6, 6.07) is 1.52. The van der Waals surface area contributed by atoms with Crippen LogP contribution in [0, 0.1) is 0 Å². The lowest BCUT2D eigenvalue weighted by Gasteiger charge is -2.07. The molecule has 1 heterocycles. The Bertz CT molecular complexity index is 379. The smallest absolute Gasteiger partial charge is 0.382 e. The van der Waals surface area contributed by atoms with Crippen molar-refractivity contribution in [2.45, 2.75) is 12.1 Å². The van der Waals surface area contributed by atoms with Crippen molar-refractivity contribution in [1.29, 1.82) is 0 Å². The van der Waals surface area contributed by atoms with Crippen molar-refractivity contribution in [2.24, 2.45) is 0 Å². The third kappa shape index (κ3) is 6.05. The number of nitrogens with two attached hydrogens (primary N) is 1. The van der Waals surface area contributed by atoms with E-state index in [1.807, 2.05) is 0 Å². The summed E-state index contributed by atoms with van der Waals surface area (Å²) in [7, 11) is 0. The summed E-state index contributed by atoms with van der Waals surface area (Å²) in [6.45, 7) is -0.104. The minimum absolute atomic E-state index is 0.0419. The summed E-state index contributed by atoms with van der Waals surface area (Å²) in [5, 5.41) is 6.12. The van der Waals surface area contributed by atoms with Crippen LogP contribution in [0.5, 0.6) is 0 Å². The number of anilines is 1. The number of halogens is 3. The first-order valence-electron chi connectivity index (χ1n) is 4.63. The molecule has 0 unspecified atom stereocenters. The molecule has 1 aromatic heterocycles. The molecule has 96 valence electrons. The third-order valence-corrected chi connectivity index (χ3v) is 2.39. The number of alkyl halides is 3. The van der Waals surface area contributed by atoms with Crippen molar-refractivity contribution >= 4 is 23.5 Å². The molecule has 9 heteroatoms. The predicted molar refractivity (Wildman–Crippen MR) is 58.2 cm³/mol. The zero-order valence-electron chi connectivity index (χ0n) is 8.70. The number of hydrogen-bond donors (Lipinski definition) is 2. The van der Waals surface area contributed by atoms with Crippen LogP contribution in [0.25, 0.3) is 0 Å². The number of amides is 1. The second-order valence-corrected chi connectivity index (χ2v) is 4.24. The van der Waals surface area contributed by atoms with E-state index in [2.05, 4.69) is 10.4 Å². The van der Waals surface area contributed by atoms with Gasteiger partial charge in [0.15, 0.2) is 0 Å². The SMILES string of the molecule is Nc1ccn(CC(=O)NCCSC(F)(F)F)n1. The number of rotatable bonds is 5. The van der Waals surface area contributed by atoms with Crippen LogP contribution in [-0.4, -0.2) is 33.5 Å². The molecule has 0 spiro atoms. The first-order chi connectivity index (χ1) is 7.87. The highest BCUT2D eigenvalue weighted by molar-refractivity contribution is 8.00. The molecule has 0 aliphatic carbocycles. The standard InChI is InChI=1S/C8H11F3N4OS/c9-8(10,11)17-4-2-13-7(16)5-15-3-1-6(12)14-15/h1,3H,2,4-5H2,(H2,12,14)(H,13,16). The highest BCUT2D eigenvalue weighted by atomic mass is 32.2. The van der Waals surface area contributed by atoms with Crippen molar-refractivity contribution in [1.82, 2.24) is 15.1 Å². The summed E-state index contributed by atoms with van der Waals surface area (Å²) in [4.78, 5) is 11.2. The van der Waals surface area contributed by atoms with Gasteiger partial charge in [-0.2, -0.15) is 18.3 Å². The van der Waals surface area contributed by atoms with Crippen LogP contribution < -0.4 is 11.1 Å². The second-order valence-electron chi connectivity index (χ2n) is 3.08. The number of aromatic nitrogens is 2. The number of nitrogen functional groups attached to an aromatic ring is 1. The molecule has 0 saturated carbocycles. The number of nitrogens with one attached hydrogen (secondary N) is 1. The largest absolute Gasteiger partial charge is 0.441 e. The molecule has 0 aliphatic heterocycles. The van der Waals surface area contributed by atoms with Gasteiger partial charge in [0, 0.05) is 18.5 Å². The van der Waals surface area contributed by atoms with Gasteiger partial charge in [-0.05, 0) is 17.8 Å². The van der Waals surface area contributed by atoms with Crippen LogP contribution in [0.3, 0.4) is 0 Å². The van der Waals surface area contributed by atoms with Gasteiger partial charge in [-0.25, -0.2) is 0 Å². The summed E-state index contributed by atoms with van der Waals surface area (Å²) in [5.41, 5.74) is 1.07. The van der Waals surface area contributed by atoms with Crippen LogP contribution in [-0.2, 0) is 11.3 Å². The van der Waals surface area contributed by atoms with Gasteiger partial charge in [-0.1, -0.05) is 0 Å². The number of hydrogen-bond acceptors (Lipinski definition) is 4. The second kappa shape index (κ2) is 5.80. The van der Waals surface area contributed by atoms with Crippen molar-refractivity contribution in [2.75, 3.05) is 18.0 Å². The first kappa shape index (κ1) is 13.7. The molecule has 1 aromatic rings. The average molecular weight is 268 g/mol. The Hall–Kier alpha value is -1.38. The minimum atomic E-state index is -4.26. The van der Waals surface area contributed by atoms with E-state index in [0.29, 0.717) is 0 Å². The molecule has 1 rings (SSSR count). The van der Waals surface area contributed by atoms with E-state index >= 15 is 0 Å². The summed E-state index contributed by atoms with van der Waals surface area (Å²) >= 11 is -0.171. The van der Waals surface area contributed by atoms with E-state index in [1.54, 1.807) is 0 Å². The van der Waals surface area contributed by atoms with Gasteiger partial charge in [-0.3, -0.25) is 9.48 Å². The quantitative estimate of drug-likeness (QED) is 0.776. The van der Waals surface area contributed by atoms with E-state index in [-0.39, 0.29) is 36.4 Å². The van der Waals surface area contributed by atoms with Gasteiger partial charge in [0.1, 0.15) is 12.4 Å². The highest BCUT2D eigenvalue weighted by Gasteiger charge is 2.27. The lowest BCUT2D eigenvalue weighted by Crippen LogP contribution is -2.30. The lowest BCUT2D eigenvalue weighted by atomic mass is 10.5. The topological polar surface area (TPSA) is 72.9 Å². The van der Waals surface area contributed by atoms with Crippen LogP contribution in [0.1, 0.15) is 0 Å². The predicted octanol–water partition coefficient (Wildman–Crippen LogP) is 0.835. The molecular formula is C8H11F3N4OS. The maximum Gasteiger partial charge on any atom is 0.441 e. The molecule has 0 atom stereocenters. The van der Waals surface area contributed by atoms with Gasteiger partial charge in [0.25, 0.3) is 0 Å². The molecular weight excluding hydrogens is 257 g/mol. The fraction of sp³-hybridized carbons (Fsp3) is 0.500. The van der Waals surface area contributed by atoms with Crippen LogP contribution in [0.15, 0.2) is 12.3 Å². The summed E-state index contributed by atoms with van der Waals surface area (Å²) < 4.78 is 36.6. The number of carbonyl (C=O) groups excluding carboxylic acids is 1. The van der Waals surface area contributed by atoms with Crippen LogP contribution >= 0.6 is 11.8 Å². The molecule has 0 fully saturated rings. The minimum Gasteiger partial charge on any atom is -0.382 e. The maximum absolute atomic E-state index is 11.8. The van der Waals surface area contributed by atoms with E-state index in [0.717, 1.165) is 0 Å². The fourth-order valence-corrected chi connectivity index (χ4v) is 1.46. The Kier molecular flexibility index (Phi) is 4.67. The Labute approximate surface area is 99.5 Å². The van der Waals surface area contributed by atoms with Crippen LogP contribution in [0.4, 0.5) is 19.0 Å². The Morgan fingerprint density at radius 3 is 2.82 bits per heavy atom. The highest BCUT2D eigenvalue weighted by Crippen LogP contribution is 2.29. The Morgan fingerprint density at radius 2 is 2.29 bits per heavy atom. The zero-order chi connectivity index (χ0) is 12.9. The maximum atomic E-state index is 11.8. The Balaban J connectivity index is 2.18. The molecule has 0 aromatic carbocycles. The molecule has 5 nitrogen and oxygen atoms in total. The zero-order valence-corrected chi connectivity index (χ0v) is 9.51. The van der Waals surface area contributed by atoms with Crippen molar-refractivity contribution in [3.63, 3.8) is 0 Å². The lowest BCUT2D eigenvalue weighted by molar-refractivity contribution is -0.121. The Morgan fingerprint density at radius 1 is 1.59 bits per heavy atom. The van der Waals surface area contributed by atoms with Crippen LogP contribution in [0.2, 0.25) is 0 Å². The normalized spacial score (nSPS) is 11.5. The van der Waals surface area contributed by atoms with E-state index in [1.165, 1.54) is 16.9 Å². The summed E-state index contributed by atoms with van der Waals surface area (Å²) in [6.07, 6.45) is 1.51. The van der Waals surface area contributed by atoms with Gasteiger partial charge >= 0.3 is 5.51 Å². The average Bonchev–Trinajstić information content (AvgIpc) is 2.57. The molecule has 3 N–H and O–H groups in total. The first-order valence-corrected chi connectivity index (χ1v) is 5.62. The van der Waals surface area contributed by atoms with Gasteiger partial charge in [0.2, 0.25) is 5.91 Å². The number of carbonyl (C=O) groups is 1. The van der Waals surface area contributed by atoms with E-state index < -0.39 is 11.4 Å².